The summed E-state index contributed by atoms with van der Waals surface area (Å²) in [6, 6.07) is -0.326. The van der Waals surface area contributed by atoms with Crippen LogP contribution in [0.25, 0.3) is 0 Å². The van der Waals surface area contributed by atoms with Crippen molar-refractivity contribution in [1.82, 2.24) is 20.6 Å². The molecule has 0 saturated carbocycles. The van der Waals surface area contributed by atoms with Crippen LogP contribution in [0, 0.1) is 0 Å². The van der Waals surface area contributed by atoms with Crippen molar-refractivity contribution >= 4 is 17.8 Å². The highest BCUT2D eigenvalue weighted by molar-refractivity contribution is 6.02. The minimum atomic E-state index is -1.26. The van der Waals surface area contributed by atoms with E-state index >= 15 is 0 Å². The van der Waals surface area contributed by atoms with Crippen molar-refractivity contribution in [3.63, 3.8) is 0 Å². The van der Waals surface area contributed by atoms with E-state index in [0.717, 1.165) is 6.33 Å². The summed E-state index contributed by atoms with van der Waals surface area (Å²) in [6.07, 6.45) is 1.33. The molecule has 0 aromatic carbocycles. The molecule has 2 heterocycles. The third kappa shape index (κ3) is 2.25. The lowest BCUT2D eigenvalue weighted by molar-refractivity contribution is -0.119. The van der Waals surface area contributed by atoms with Crippen molar-refractivity contribution in [2.24, 2.45) is 0 Å². The lowest BCUT2D eigenvalue weighted by Gasteiger charge is -2.08. The van der Waals surface area contributed by atoms with Crippen LogP contribution in [0.1, 0.15) is 27.4 Å². The average molecular weight is 238 g/mol. The molecule has 0 bridgehead atoms. The summed E-state index contributed by atoms with van der Waals surface area (Å²) in [5, 5.41) is 13.9. The second kappa shape index (κ2) is 4.24. The van der Waals surface area contributed by atoms with Crippen molar-refractivity contribution in [3.05, 3.63) is 17.7 Å². The third-order valence-electron chi connectivity index (χ3n) is 2.38. The summed E-state index contributed by atoms with van der Waals surface area (Å²) in [7, 11) is 0. The van der Waals surface area contributed by atoms with Gasteiger partial charge < -0.3 is 20.7 Å². The van der Waals surface area contributed by atoms with Gasteiger partial charge in [-0.3, -0.25) is 9.59 Å². The number of aromatic carboxylic acids is 1. The molecule has 0 radical (unpaired) electrons. The van der Waals surface area contributed by atoms with Gasteiger partial charge in [0, 0.05) is 13.0 Å². The van der Waals surface area contributed by atoms with E-state index < -0.39 is 11.9 Å². The first-order valence-electron chi connectivity index (χ1n) is 4.92. The van der Waals surface area contributed by atoms with Gasteiger partial charge in [0.2, 0.25) is 5.91 Å². The van der Waals surface area contributed by atoms with E-state index in [-0.39, 0.29) is 29.8 Å². The Kier molecular flexibility index (Phi) is 2.77. The number of aromatic nitrogens is 2. The van der Waals surface area contributed by atoms with E-state index in [9.17, 15) is 14.4 Å². The predicted molar refractivity (Wildman–Crippen MR) is 54.4 cm³/mol. The van der Waals surface area contributed by atoms with Gasteiger partial charge in [-0.25, -0.2) is 9.78 Å². The molecule has 90 valence electrons. The molecule has 2 amide bonds. The zero-order valence-corrected chi connectivity index (χ0v) is 8.69. The lowest BCUT2D eigenvalue weighted by Crippen LogP contribution is -2.37. The van der Waals surface area contributed by atoms with Crippen molar-refractivity contribution in [1.29, 1.82) is 0 Å². The van der Waals surface area contributed by atoms with Gasteiger partial charge >= 0.3 is 5.97 Å². The highest BCUT2D eigenvalue weighted by Crippen LogP contribution is 2.05. The molecule has 8 nitrogen and oxygen atoms in total. The smallest absolute Gasteiger partial charge is 0.354 e. The zero-order chi connectivity index (χ0) is 12.4. The average Bonchev–Trinajstić information content (AvgIpc) is 2.86. The topological polar surface area (TPSA) is 124 Å². The van der Waals surface area contributed by atoms with Gasteiger partial charge in [-0.1, -0.05) is 0 Å². The van der Waals surface area contributed by atoms with Crippen molar-refractivity contribution in [2.75, 3.05) is 6.54 Å². The van der Waals surface area contributed by atoms with E-state index in [1.165, 1.54) is 0 Å². The van der Waals surface area contributed by atoms with Crippen LogP contribution in [0.3, 0.4) is 0 Å². The van der Waals surface area contributed by atoms with Gasteiger partial charge in [0.15, 0.2) is 11.4 Å². The van der Waals surface area contributed by atoms with Crippen LogP contribution >= 0.6 is 0 Å². The van der Waals surface area contributed by atoms with E-state index in [1.807, 2.05) is 0 Å². The van der Waals surface area contributed by atoms with Crippen LogP contribution in [-0.2, 0) is 4.79 Å². The summed E-state index contributed by atoms with van der Waals surface area (Å²) >= 11 is 0. The number of carbonyl (C=O) groups is 3. The molecule has 8 heteroatoms. The number of amides is 2. The second-order valence-electron chi connectivity index (χ2n) is 3.61. The first-order chi connectivity index (χ1) is 8.08. The maximum Gasteiger partial charge on any atom is 0.354 e. The number of hydrogen-bond acceptors (Lipinski definition) is 4. The van der Waals surface area contributed by atoms with Gasteiger partial charge in [-0.05, 0) is 0 Å². The predicted octanol–water partition coefficient (Wildman–Crippen LogP) is -1.27. The Morgan fingerprint density at radius 2 is 2.29 bits per heavy atom. The van der Waals surface area contributed by atoms with E-state index in [2.05, 4.69) is 20.6 Å². The molecular weight excluding hydrogens is 228 g/mol. The number of H-pyrrole nitrogens is 1. The molecule has 0 spiro atoms. The van der Waals surface area contributed by atoms with Gasteiger partial charge in [0.05, 0.1) is 12.4 Å². The number of hydrogen-bond donors (Lipinski definition) is 4. The molecule has 1 aliphatic heterocycles. The number of carbonyl (C=O) groups excluding carboxylic acids is 2. The molecule has 1 aromatic heterocycles. The minimum Gasteiger partial charge on any atom is -0.477 e. The molecule has 17 heavy (non-hydrogen) atoms. The minimum absolute atomic E-state index is 0.143. The molecule has 1 unspecified atom stereocenters. The molecule has 1 aromatic rings. The summed E-state index contributed by atoms with van der Waals surface area (Å²) in [5.74, 6) is -2.01. The Morgan fingerprint density at radius 1 is 1.53 bits per heavy atom. The Morgan fingerprint density at radius 3 is 2.88 bits per heavy atom. The Bertz CT molecular complexity index is 481. The first kappa shape index (κ1) is 11.1. The van der Waals surface area contributed by atoms with Crippen molar-refractivity contribution in [3.8, 4) is 0 Å². The molecule has 2 rings (SSSR count). The molecular formula is C9H10N4O4. The standard InChI is InChI=1S/C9H10N4O4/c14-5-1-4(2-10-5)13-8(15)6-7(9(16)17)12-3-11-6/h3-4H,1-2H2,(H,10,14)(H,11,12)(H,13,15)(H,16,17). The van der Waals surface area contributed by atoms with E-state index in [4.69, 9.17) is 5.11 Å². The monoisotopic (exact) mass is 238 g/mol. The van der Waals surface area contributed by atoms with Crippen LogP contribution < -0.4 is 10.6 Å². The maximum atomic E-state index is 11.7. The largest absolute Gasteiger partial charge is 0.477 e. The number of rotatable bonds is 3. The highest BCUT2D eigenvalue weighted by Gasteiger charge is 2.26. The molecule has 1 aliphatic rings. The van der Waals surface area contributed by atoms with E-state index in [0.29, 0.717) is 6.54 Å². The van der Waals surface area contributed by atoms with Crippen LogP contribution in [-0.4, -0.2) is 45.4 Å². The van der Waals surface area contributed by atoms with Gasteiger partial charge in [-0.2, -0.15) is 0 Å². The van der Waals surface area contributed by atoms with Crippen LogP contribution in [0.4, 0.5) is 0 Å². The number of aromatic amines is 1. The van der Waals surface area contributed by atoms with Crippen molar-refractivity contribution in [2.45, 2.75) is 12.5 Å². The molecule has 4 N–H and O–H groups in total. The van der Waals surface area contributed by atoms with E-state index in [1.54, 1.807) is 0 Å². The fraction of sp³-hybridized carbons (Fsp3) is 0.333. The van der Waals surface area contributed by atoms with Gasteiger partial charge in [-0.15, -0.1) is 0 Å². The number of carboxylic acids is 1. The molecule has 0 aliphatic carbocycles. The first-order valence-corrected chi connectivity index (χ1v) is 4.92. The molecule has 1 atom stereocenters. The summed E-state index contributed by atoms with van der Waals surface area (Å²) in [4.78, 5) is 39.4. The van der Waals surface area contributed by atoms with Crippen LogP contribution in [0.2, 0.25) is 0 Å². The molecule has 1 fully saturated rings. The number of imidazole rings is 1. The molecule has 1 saturated heterocycles. The third-order valence-corrected chi connectivity index (χ3v) is 2.38. The fourth-order valence-corrected chi connectivity index (χ4v) is 1.59. The summed E-state index contributed by atoms with van der Waals surface area (Å²) in [5.41, 5.74) is -0.448. The maximum absolute atomic E-state index is 11.7. The van der Waals surface area contributed by atoms with Crippen LogP contribution in [0.5, 0.6) is 0 Å². The normalized spacial score (nSPS) is 18.8. The van der Waals surface area contributed by atoms with Crippen LogP contribution in [0.15, 0.2) is 6.33 Å². The van der Waals surface area contributed by atoms with Gasteiger partial charge in [0.1, 0.15) is 0 Å². The zero-order valence-electron chi connectivity index (χ0n) is 8.69. The SMILES string of the molecule is O=C1CC(NC(=O)c2nc[nH]c2C(=O)O)CN1. The quantitative estimate of drug-likeness (QED) is 0.522. The highest BCUT2D eigenvalue weighted by atomic mass is 16.4. The Balaban J connectivity index is 2.07. The van der Waals surface area contributed by atoms with Crippen molar-refractivity contribution < 1.29 is 19.5 Å². The Labute approximate surface area is 95.4 Å². The number of nitrogens with zero attached hydrogens (tertiary/aromatic N) is 1. The summed E-state index contributed by atoms with van der Waals surface area (Å²) in [6.45, 7) is 0.345. The Hall–Kier alpha value is -2.38. The summed E-state index contributed by atoms with van der Waals surface area (Å²) < 4.78 is 0. The fourth-order valence-electron chi connectivity index (χ4n) is 1.59. The number of nitrogens with one attached hydrogen (secondary N) is 3. The lowest BCUT2D eigenvalue weighted by atomic mass is 10.2. The number of carboxylic acid groups (broad SMARTS) is 1. The second-order valence-corrected chi connectivity index (χ2v) is 3.61. The van der Waals surface area contributed by atoms with Gasteiger partial charge in [0.25, 0.3) is 5.91 Å².